The van der Waals surface area contributed by atoms with Gasteiger partial charge in [0.15, 0.2) is 11.7 Å². The van der Waals surface area contributed by atoms with Crippen molar-refractivity contribution in [3.05, 3.63) is 22.7 Å². The number of rotatable bonds is 16. The summed E-state index contributed by atoms with van der Waals surface area (Å²) in [6.07, 6.45) is 2.32. The quantitative estimate of drug-likeness (QED) is 0.0184. The van der Waals surface area contributed by atoms with Gasteiger partial charge >= 0.3 is 23.9 Å². The predicted molar refractivity (Wildman–Crippen MR) is 191 cm³/mol. The van der Waals surface area contributed by atoms with E-state index in [9.17, 15) is 43.8 Å². The van der Waals surface area contributed by atoms with Gasteiger partial charge in [0.1, 0.15) is 41.2 Å². The fraction of sp³-hybridized carbons (Fsp3) is 0.594. The normalized spacial score (nSPS) is 11.7. The second-order valence-electron chi connectivity index (χ2n) is 9.57. The maximum Gasteiger partial charge on any atom is 0.342 e. The van der Waals surface area contributed by atoms with Crippen molar-refractivity contribution in [2.24, 2.45) is 27.4 Å². The SMILES string of the molecule is COC(=O)/C(C=NCCN=C/C(C(=O)OC)=C(/C)O)=C(\C)O.COC(=O)C(C=O)C(C)=O.COC(=O)CC(C)=O.COC(OC)N(C)C.NCCN. The van der Waals surface area contributed by atoms with Crippen LogP contribution in [0.2, 0.25) is 0 Å². The van der Waals surface area contributed by atoms with Crippen molar-refractivity contribution >= 4 is 54.2 Å². The summed E-state index contributed by atoms with van der Waals surface area (Å²) in [5, 5.41) is 18.6. The molecule has 0 aromatic rings. The molecule has 0 saturated heterocycles. The first kappa shape index (κ1) is 56.5. The second kappa shape index (κ2) is 37.4. The first-order valence-electron chi connectivity index (χ1n) is 15.0. The third-order valence-corrected chi connectivity index (χ3v) is 5.03. The second-order valence-corrected chi connectivity index (χ2v) is 9.57. The first-order valence-corrected chi connectivity index (χ1v) is 15.0. The molecule has 0 aliphatic heterocycles. The van der Waals surface area contributed by atoms with E-state index in [1.165, 1.54) is 54.5 Å². The molecule has 20 heteroatoms. The minimum Gasteiger partial charge on any atom is -0.512 e. The summed E-state index contributed by atoms with van der Waals surface area (Å²) >= 11 is 0. The monoisotopic (exact) mass is 751 g/mol. The number of carbonyl (C=O) groups is 7. The summed E-state index contributed by atoms with van der Waals surface area (Å²) < 4.78 is 27.1. The Balaban J connectivity index is -0.000000203. The van der Waals surface area contributed by atoms with E-state index in [1.54, 1.807) is 14.2 Å². The highest BCUT2D eigenvalue weighted by Gasteiger charge is 2.22. The number of ketones is 2. The molecule has 6 N–H and O–H groups in total. The molecule has 0 rings (SSSR count). The molecule has 52 heavy (non-hydrogen) atoms. The van der Waals surface area contributed by atoms with Crippen molar-refractivity contribution in [3.63, 3.8) is 0 Å². The fourth-order valence-electron chi connectivity index (χ4n) is 2.47. The number of hydrogen-bond donors (Lipinski definition) is 4. The summed E-state index contributed by atoms with van der Waals surface area (Å²) in [4.78, 5) is 83.5. The van der Waals surface area contributed by atoms with Gasteiger partial charge in [-0.3, -0.25) is 34.1 Å². The minimum atomic E-state index is -1.25. The zero-order valence-corrected chi connectivity index (χ0v) is 32.1. The molecule has 0 aliphatic rings. The third-order valence-electron chi connectivity index (χ3n) is 5.03. The summed E-state index contributed by atoms with van der Waals surface area (Å²) in [6.45, 7) is 6.81. The maximum atomic E-state index is 11.3. The lowest BCUT2D eigenvalue weighted by Gasteiger charge is -2.19. The molecule has 0 fully saturated rings. The molecule has 20 nitrogen and oxygen atoms in total. The molecule has 0 saturated carbocycles. The van der Waals surface area contributed by atoms with E-state index in [-0.39, 0.29) is 60.7 Å². The predicted octanol–water partition coefficient (Wildman–Crippen LogP) is -0.132. The largest absolute Gasteiger partial charge is 0.512 e. The molecule has 1 atom stereocenters. The van der Waals surface area contributed by atoms with Gasteiger partial charge in [-0.1, -0.05) is 0 Å². The van der Waals surface area contributed by atoms with E-state index >= 15 is 0 Å². The lowest BCUT2D eigenvalue weighted by Crippen LogP contribution is -2.30. The lowest BCUT2D eigenvalue weighted by molar-refractivity contribution is -0.179. The lowest BCUT2D eigenvalue weighted by atomic mass is 10.1. The van der Waals surface area contributed by atoms with E-state index in [1.807, 2.05) is 19.0 Å². The number of methoxy groups -OCH3 is 6. The van der Waals surface area contributed by atoms with Crippen LogP contribution in [0.1, 0.15) is 34.1 Å². The van der Waals surface area contributed by atoms with Crippen LogP contribution < -0.4 is 11.5 Å². The Morgan fingerprint density at radius 2 is 1.08 bits per heavy atom. The van der Waals surface area contributed by atoms with Crippen molar-refractivity contribution in [3.8, 4) is 0 Å². The minimum absolute atomic E-state index is 0.0483. The number of allylic oxidation sites excluding steroid dienone is 2. The van der Waals surface area contributed by atoms with Crippen LogP contribution in [0.15, 0.2) is 32.6 Å². The van der Waals surface area contributed by atoms with Gasteiger partial charge in [-0.05, 0) is 41.8 Å². The summed E-state index contributed by atoms with van der Waals surface area (Å²) in [7, 11) is 11.8. The zero-order valence-electron chi connectivity index (χ0n) is 32.1. The van der Waals surface area contributed by atoms with Crippen LogP contribution in [-0.4, -0.2) is 159 Å². The van der Waals surface area contributed by atoms with E-state index in [4.69, 9.17) is 20.9 Å². The number of hydrogen-bond acceptors (Lipinski definition) is 20. The molecular formula is C32H57N5O15. The Bertz CT molecular complexity index is 1140. The topological polar surface area (TPSA) is 295 Å². The number of aliphatic hydroxyl groups excluding tert-OH is 2. The van der Waals surface area contributed by atoms with Crippen LogP contribution in [-0.2, 0) is 62.0 Å². The summed E-state index contributed by atoms with van der Waals surface area (Å²) in [5.74, 6) is -4.99. The van der Waals surface area contributed by atoms with Crippen molar-refractivity contribution in [1.29, 1.82) is 0 Å². The molecule has 0 heterocycles. The molecule has 0 radical (unpaired) electrons. The highest BCUT2D eigenvalue weighted by molar-refractivity contribution is 6.11. The number of ether oxygens (including phenoxy) is 6. The number of aldehydes is 1. The van der Waals surface area contributed by atoms with Crippen LogP contribution in [0.4, 0.5) is 0 Å². The van der Waals surface area contributed by atoms with E-state index < -0.39 is 35.6 Å². The average molecular weight is 752 g/mol. The van der Waals surface area contributed by atoms with Gasteiger partial charge in [-0.25, -0.2) is 9.59 Å². The Morgan fingerprint density at radius 3 is 1.21 bits per heavy atom. The van der Waals surface area contributed by atoms with Gasteiger partial charge in [0.05, 0.1) is 41.5 Å². The molecule has 300 valence electrons. The summed E-state index contributed by atoms with van der Waals surface area (Å²) in [6, 6.07) is 0. The van der Waals surface area contributed by atoms with Crippen molar-refractivity contribution in [2.45, 2.75) is 40.5 Å². The molecule has 0 bridgehead atoms. The van der Waals surface area contributed by atoms with Crippen LogP contribution in [0.5, 0.6) is 0 Å². The molecule has 0 aliphatic carbocycles. The van der Waals surface area contributed by atoms with Crippen molar-refractivity contribution < 1.29 is 72.2 Å². The van der Waals surface area contributed by atoms with Gasteiger partial charge in [-0.15, -0.1) is 0 Å². The maximum absolute atomic E-state index is 11.3. The molecule has 0 amide bonds. The number of nitrogens with two attached hydrogens (primary N) is 2. The molecule has 0 spiro atoms. The van der Waals surface area contributed by atoms with Crippen molar-refractivity contribution in [1.82, 2.24) is 4.90 Å². The van der Waals surface area contributed by atoms with Gasteiger partial charge in [-0.2, -0.15) is 0 Å². The smallest absolute Gasteiger partial charge is 0.342 e. The summed E-state index contributed by atoms with van der Waals surface area (Å²) in [5.41, 5.74) is 9.71. The third kappa shape index (κ3) is 33.6. The molecule has 0 aromatic carbocycles. The average Bonchev–Trinajstić information content (AvgIpc) is 3.09. The van der Waals surface area contributed by atoms with E-state index in [2.05, 4.69) is 28.9 Å². The number of aliphatic hydroxyl groups is 2. The zero-order chi connectivity index (χ0) is 41.8. The Kier molecular flexibility index (Phi) is 40.6. The first-order chi connectivity index (χ1) is 24.3. The number of nitrogens with zero attached hydrogens (tertiary/aromatic N) is 3. The van der Waals surface area contributed by atoms with E-state index in [0.717, 1.165) is 14.0 Å². The van der Waals surface area contributed by atoms with Gasteiger partial charge in [0.25, 0.3) is 0 Å². The molecule has 1 unspecified atom stereocenters. The number of aliphatic imine (C=N–C) groups is 2. The van der Waals surface area contributed by atoms with E-state index in [0.29, 0.717) is 13.1 Å². The fourth-order valence-corrected chi connectivity index (χ4v) is 2.47. The molecular weight excluding hydrogens is 694 g/mol. The Labute approximate surface area is 304 Å². The standard InChI is InChI=1S/C14H20N2O6.C6H8O4.C5H13NO2.C5H8O3.C2H8N2/c1-9(17)11(13(19)21-3)7-15-5-6-16-8-12(10(2)18)14(20)22-4;1-4(8)5(3-7)6(9)10-2;1-6(2)5(7-3)8-4;1-4(6)3-5(7)8-2;3-1-2-4/h7-8,17-18H,5-6H2,1-4H3;3,5H,1-2H3;5H,1-4H3;3H2,1-2H3;1-4H2/b11-9+,12-10+,15-7?,16-8?;;;;. The molecule has 0 aromatic heterocycles. The van der Waals surface area contributed by atoms with Gasteiger partial charge < -0.3 is 54.9 Å². The van der Waals surface area contributed by atoms with Crippen LogP contribution >= 0.6 is 0 Å². The number of esters is 4. The van der Waals surface area contributed by atoms with Crippen LogP contribution in [0.3, 0.4) is 0 Å². The van der Waals surface area contributed by atoms with Crippen molar-refractivity contribution in [2.75, 3.05) is 82.9 Å². The van der Waals surface area contributed by atoms with Gasteiger partial charge in [0.2, 0.25) is 6.41 Å². The highest BCUT2D eigenvalue weighted by atomic mass is 16.7. The van der Waals surface area contributed by atoms with Crippen LogP contribution in [0.25, 0.3) is 0 Å². The Hall–Kier alpha value is -4.89. The Morgan fingerprint density at radius 1 is 0.692 bits per heavy atom. The van der Waals surface area contributed by atoms with Crippen LogP contribution in [0, 0.1) is 5.92 Å². The number of Topliss-reactive ketones (excluding diaryl/α,β-unsaturated/α-hetero) is 2. The highest BCUT2D eigenvalue weighted by Crippen LogP contribution is 2.02. The van der Waals surface area contributed by atoms with Gasteiger partial charge in [0, 0.05) is 39.7 Å². The number of carbonyl (C=O) groups excluding carboxylic acids is 7.